The molecular formula is C17H17ClN2O6S. The van der Waals surface area contributed by atoms with Crippen molar-refractivity contribution in [3.05, 3.63) is 63.2 Å². The number of anilines is 1. The number of nitrogens with zero attached hydrogens (tertiary/aromatic N) is 2. The molecule has 2 aromatic carbocycles. The van der Waals surface area contributed by atoms with E-state index in [1.54, 1.807) is 25.1 Å². The number of non-ortho nitro benzene ring substituents is 1. The van der Waals surface area contributed by atoms with Gasteiger partial charge in [0, 0.05) is 30.1 Å². The van der Waals surface area contributed by atoms with Gasteiger partial charge >= 0.3 is 5.97 Å². The number of benzene rings is 2. The van der Waals surface area contributed by atoms with Crippen LogP contribution in [0.1, 0.15) is 18.4 Å². The fraction of sp³-hybridized carbons (Fsp3) is 0.235. The molecule has 0 bridgehead atoms. The van der Waals surface area contributed by atoms with E-state index >= 15 is 0 Å². The molecule has 0 aliphatic carbocycles. The van der Waals surface area contributed by atoms with Crippen molar-refractivity contribution in [3.63, 3.8) is 0 Å². The molecule has 0 amide bonds. The third kappa shape index (κ3) is 4.75. The molecule has 0 unspecified atom stereocenters. The first-order valence-electron chi connectivity index (χ1n) is 7.88. The molecule has 0 radical (unpaired) electrons. The number of carboxylic acids is 1. The van der Waals surface area contributed by atoms with Crippen LogP contribution in [0.5, 0.6) is 0 Å². The molecule has 2 rings (SSSR count). The van der Waals surface area contributed by atoms with E-state index in [0.29, 0.717) is 16.3 Å². The summed E-state index contributed by atoms with van der Waals surface area (Å²) in [5.41, 5.74) is 0.437. The van der Waals surface area contributed by atoms with Crippen LogP contribution < -0.4 is 4.31 Å². The highest BCUT2D eigenvalue weighted by atomic mass is 35.5. The van der Waals surface area contributed by atoms with Crippen LogP contribution >= 0.6 is 11.6 Å². The SMILES string of the molecule is Cc1c(Cl)cccc1N(CCCC(=O)O)S(=O)(=O)c1cccc([N+](=O)[O-])c1. The van der Waals surface area contributed by atoms with Gasteiger partial charge in [-0.1, -0.05) is 23.7 Å². The number of nitro benzene ring substituents is 1. The molecule has 0 atom stereocenters. The van der Waals surface area contributed by atoms with Gasteiger partial charge in [0.2, 0.25) is 0 Å². The number of hydrogen-bond acceptors (Lipinski definition) is 5. The van der Waals surface area contributed by atoms with Crippen molar-refractivity contribution < 1.29 is 23.2 Å². The quantitative estimate of drug-likeness (QED) is 0.522. The highest BCUT2D eigenvalue weighted by Crippen LogP contribution is 2.32. The maximum absolute atomic E-state index is 13.2. The van der Waals surface area contributed by atoms with Crippen molar-refractivity contribution in [2.75, 3.05) is 10.8 Å². The standard InChI is InChI=1S/C17H17ClN2O6S/c1-12-15(18)7-3-8-16(12)19(10-4-9-17(21)22)27(25,26)14-6-2-5-13(11-14)20(23)24/h2-3,5-8,11H,4,9-10H2,1H3,(H,21,22). The zero-order valence-corrected chi connectivity index (χ0v) is 15.9. The second-order valence-corrected chi connectivity index (χ2v) is 7.98. The average Bonchev–Trinajstić information content (AvgIpc) is 2.61. The minimum absolute atomic E-state index is 0.0649. The molecule has 27 heavy (non-hydrogen) atoms. The normalized spacial score (nSPS) is 11.2. The van der Waals surface area contributed by atoms with Crippen LogP contribution in [0.3, 0.4) is 0 Å². The Hall–Kier alpha value is -2.65. The first-order chi connectivity index (χ1) is 12.6. The number of rotatable bonds is 8. The monoisotopic (exact) mass is 412 g/mol. The van der Waals surface area contributed by atoms with Gasteiger partial charge in [-0.25, -0.2) is 8.42 Å². The number of hydrogen-bond donors (Lipinski definition) is 1. The molecule has 0 saturated heterocycles. The molecule has 10 heteroatoms. The average molecular weight is 413 g/mol. The molecule has 0 saturated carbocycles. The van der Waals surface area contributed by atoms with Crippen LogP contribution in [0.2, 0.25) is 5.02 Å². The molecule has 0 spiro atoms. The van der Waals surface area contributed by atoms with Gasteiger partial charge in [0.25, 0.3) is 15.7 Å². The van der Waals surface area contributed by atoms with Crippen LogP contribution in [0.25, 0.3) is 0 Å². The van der Waals surface area contributed by atoms with Crippen LogP contribution in [0, 0.1) is 17.0 Å². The first-order valence-corrected chi connectivity index (χ1v) is 9.70. The Balaban J connectivity index is 2.54. The minimum atomic E-state index is -4.17. The van der Waals surface area contributed by atoms with Crippen molar-refractivity contribution in [2.45, 2.75) is 24.7 Å². The van der Waals surface area contributed by atoms with Gasteiger partial charge in [0.05, 0.1) is 15.5 Å². The molecular weight excluding hydrogens is 396 g/mol. The summed E-state index contributed by atoms with van der Waals surface area (Å²) >= 11 is 6.10. The summed E-state index contributed by atoms with van der Waals surface area (Å²) in [5, 5.41) is 20.2. The summed E-state index contributed by atoms with van der Waals surface area (Å²) in [6.45, 7) is 1.53. The Kier molecular flexibility index (Phi) is 6.40. The Morgan fingerprint density at radius 1 is 1.26 bits per heavy atom. The van der Waals surface area contributed by atoms with Gasteiger partial charge < -0.3 is 5.11 Å². The Labute approximate surface area is 161 Å². The predicted octanol–water partition coefficient (Wildman–Crippen LogP) is 3.62. The second kappa shape index (κ2) is 8.36. The van der Waals surface area contributed by atoms with E-state index in [4.69, 9.17) is 16.7 Å². The molecule has 0 aliphatic heterocycles. The zero-order valence-electron chi connectivity index (χ0n) is 14.3. The largest absolute Gasteiger partial charge is 0.481 e. The Morgan fingerprint density at radius 2 is 1.93 bits per heavy atom. The van der Waals surface area contributed by atoms with Gasteiger partial charge in [0.15, 0.2) is 0 Å². The Morgan fingerprint density at radius 3 is 2.56 bits per heavy atom. The first kappa shape index (κ1) is 20.7. The van der Waals surface area contributed by atoms with E-state index in [0.717, 1.165) is 10.4 Å². The third-order valence-corrected chi connectivity index (χ3v) is 6.09. The smallest absolute Gasteiger partial charge is 0.303 e. The molecule has 0 fully saturated rings. The zero-order chi connectivity index (χ0) is 20.2. The van der Waals surface area contributed by atoms with Crippen molar-refractivity contribution in [1.82, 2.24) is 0 Å². The van der Waals surface area contributed by atoms with E-state index in [1.807, 2.05) is 0 Å². The highest BCUT2D eigenvalue weighted by Gasteiger charge is 2.28. The van der Waals surface area contributed by atoms with E-state index in [9.17, 15) is 23.3 Å². The van der Waals surface area contributed by atoms with E-state index in [1.165, 1.54) is 18.2 Å². The summed E-state index contributed by atoms with van der Waals surface area (Å²) < 4.78 is 27.4. The second-order valence-electron chi connectivity index (χ2n) is 5.71. The maximum atomic E-state index is 13.2. The van der Waals surface area contributed by atoms with Crippen molar-refractivity contribution in [2.24, 2.45) is 0 Å². The summed E-state index contributed by atoms with van der Waals surface area (Å²) in [4.78, 5) is 20.9. The van der Waals surface area contributed by atoms with Crippen LogP contribution in [-0.4, -0.2) is 31.0 Å². The van der Waals surface area contributed by atoms with Crippen molar-refractivity contribution >= 4 is 39.0 Å². The van der Waals surface area contributed by atoms with Gasteiger partial charge in [-0.15, -0.1) is 0 Å². The summed E-state index contributed by atoms with van der Waals surface area (Å²) in [6, 6.07) is 9.44. The van der Waals surface area contributed by atoms with E-state index in [2.05, 4.69) is 0 Å². The predicted molar refractivity (Wildman–Crippen MR) is 101 cm³/mol. The summed E-state index contributed by atoms with van der Waals surface area (Å²) in [6.07, 6.45) is -0.157. The van der Waals surface area contributed by atoms with Gasteiger partial charge in [0.1, 0.15) is 0 Å². The van der Waals surface area contributed by atoms with Gasteiger partial charge in [-0.3, -0.25) is 19.2 Å². The van der Waals surface area contributed by atoms with Crippen LogP contribution in [0.15, 0.2) is 47.4 Å². The number of carbonyl (C=O) groups is 1. The lowest BCUT2D eigenvalue weighted by Gasteiger charge is -2.26. The molecule has 0 aromatic heterocycles. The molecule has 1 N–H and O–H groups in total. The molecule has 144 valence electrons. The fourth-order valence-electron chi connectivity index (χ4n) is 2.50. The van der Waals surface area contributed by atoms with Gasteiger partial charge in [-0.05, 0) is 37.1 Å². The summed E-state index contributed by atoms with van der Waals surface area (Å²) in [7, 11) is -4.17. The van der Waals surface area contributed by atoms with Crippen molar-refractivity contribution in [1.29, 1.82) is 0 Å². The lowest BCUT2D eigenvalue weighted by molar-refractivity contribution is -0.385. The van der Waals surface area contributed by atoms with E-state index < -0.39 is 20.9 Å². The van der Waals surface area contributed by atoms with Crippen LogP contribution in [-0.2, 0) is 14.8 Å². The number of halogens is 1. The third-order valence-electron chi connectivity index (χ3n) is 3.88. The van der Waals surface area contributed by atoms with E-state index in [-0.39, 0.29) is 30.0 Å². The van der Waals surface area contributed by atoms with Crippen LogP contribution in [0.4, 0.5) is 11.4 Å². The lowest BCUT2D eigenvalue weighted by Crippen LogP contribution is -2.33. The van der Waals surface area contributed by atoms with Crippen molar-refractivity contribution in [3.8, 4) is 0 Å². The molecule has 0 heterocycles. The molecule has 8 nitrogen and oxygen atoms in total. The number of carboxylic acid groups (broad SMARTS) is 1. The minimum Gasteiger partial charge on any atom is -0.481 e. The topological polar surface area (TPSA) is 118 Å². The van der Waals surface area contributed by atoms with Gasteiger partial charge in [-0.2, -0.15) is 0 Å². The number of aliphatic carboxylic acids is 1. The highest BCUT2D eigenvalue weighted by molar-refractivity contribution is 7.92. The maximum Gasteiger partial charge on any atom is 0.303 e. The fourth-order valence-corrected chi connectivity index (χ4v) is 4.27. The molecule has 0 aliphatic rings. The number of sulfonamides is 1. The summed E-state index contributed by atoms with van der Waals surface area (Å²) in [5.74, 6) is -1.05. The Bertz CT molecular complexity index is 977. The lowest BCUT2D eigenvalue weighted by atomic mass is 10.2. The number of nitro groups is 1. The molecule has 2 aromatic rings.